The average molecular weight is 536 g/mol. The van der Waals surface area contributed by atoms with Crippen molar-refractivity contribution in [1.29, 1.82) is 0 Å². The Morgan fingerprint density at radius 2 is 1.65 bits per heavy atom. The van der Waals surface area contributed by atoms with E-state index in [0.29, 0.717) is 13.0 Å². The maximum atomic E-state index is 13.5. The predicted octanol–water partition coefficient (Wildman–Crippen LogP) is 7.08. The normalized spacial score (nSPS) is 12.2. The molecule has 0 radical (unpaired) electrons. The number of halogens is 4. The zero-order valence-electron chi connectivity index (χ0n) is 20.8. The van der Waals surface area contributed by atoms with Crippen LogP contribution in [0.4, 0.5) is 28.0 Å². The van der Waals surface area contributed by atoms with Gasteiger partial charge in [0.1, 0.15) is 12.4 Å². The fourth-order valence-corrected chi connectivity index (χ4v) is 4.53. The second-order valence-electron chi connectivity index (χ2n) is 8.79. The summed E-state index contributed by atoms with van der Waals surface area (Å²) in [5, 5.41) is 4.54. The zero-order chi connectivity index (χ0) is 27.2. The van der Waals surface area contributed by atoms with Gasteiger partial charge in [-0.25, -0.2) is 9.18 Å². The number of alkyl halides is 3. The molecule has 0 aliphatic heterocycles. The van der Waals surface area contributed by atoms with Crippen molar-refractivity contribution in [2.24, 2.45) is 0 Å². The highest BCUT2D eigenvalue weighted by atomic mass is 32.1. The standard InChI is InChI=1S/C27H29F4N3O2S/c1-4-19(3)34(26(36)32-23-11-7-21(8-12-23)27(29,30)31)17-25(35)33(16-24-18(2)13-14-37-24)15-20-5-9-22(28)10-6-20/h5-14,19H,4,15-17H2,1-3H3,(H,32,36). The number of amides is 3. The molecule has 1 unspecified atom stereocenters. The van der Waals surface area contributed by atoms with Crippen LogP contribution in [-0.2, 0) is 24.1 Å². The third-order valence-corrected chi connectivity index (χ3v) is 7.10. The van der Waals surface area contributed by atoms with Gasteiger partial charge in [-0.1, -0.05) is 19.1 Å². The molecule has 5 nitrogen and oxygen atoms in total. The number of carbonyl (C=O) groups excluding carboxylic acids is 2. The third-order valence-electron chi connectivity index (χ3n) is 6.09. The van der Waals surface area contributed by atoms with Gasteiger partial charge in [-0.15, -0.1) is 11.3 Å². The summed E-state index contributed by atoms with van der Waals surface area (Å²) in [6.07, 6.45) is -3.91. The van der Waals surface area contributed by atoms with Crippen LogP contribution in [0, 0.1) is 12.7 Å². The van der Waals surface area contributed by atoms with E-state index in [0.717, 1.165) is 28.1 Å². The van der Waals surface area contributed by atoms with Gasteiger partial charge in [0.05, 0.1) is 12.1 Å². The highest BCUT2D eigenvalue weighted by Crippen LogP contribution is 2.30. The molecular weight excluding hydrogens is 506 g/mol. The number of urea groups is 1. The Balaban J connectivity index is 1.78. The van der Waals surface area contributed by atoms with Gasteiger partial charge in [0, 0.05) is 23.2 Å². The number of anilines is 1. The van der Waals surface area contributed by atoms with E-state index in [2.05, 4.69) is 5.32 Å². The van der Waals surface area contributed by atoms with Crippen molar-refractivity contribution >= 4 is 29.0 Å². The Morgan fingerprint density at radius 3 is 2.19 bits per heavy atom. The summed E-state index contributed by atoms with van der Waals surface area (Å²) >= 11 is 1.52. The largest absolute Gasteiger partial charge is 0.416 e. The van der Waals surface area contributed by atoms with Gasteiger partial charge in [0.25, 0.3) is 0 Å². The highest BCUT2D eigenvalue weighted by Gasteiger charge is 2.30. The molecule has 0 spiro atoms. The van der Waals surface area contributed by atoms with Crippen LogP contribution in [0.5, 0.6) is 0 Å². The molecule has 1 N–H and O–H groups in total. The zero-order valence-corrected chi connectivity index (χ0v) is 21.6. The second kappa shape index (κ2) is 12.2. The Labute approximate surface area is 217 Å². The summed E-state index contributed by atoms with van der Waals surface area (Å²) in [7, 11) is 0. The second-order valence-corrected chi connectivity index (χ2v) is 9.79. The van der Waals surface area contributed by atoms with Crippen LogP contribution in [0.25, 0.3) is 0 Å². The molecule has 1 atom stereocenters. The topological polar surface area (TPSA) is 52.7 Å². The number of aryl methyl sites for hydroxylation is 1. The van der Waals surface area contributed by atoms with Gasteiger partial charge in [0.15, 0.2) is 0 Å². The van der Waals surface area contributed by atoms with Crippen LogP contribution in [0.2, 0.25) is 0 Å². The van der Waals surface area contributed by atoms with E-state index in [4.69, 9.17) is 0 Å². The first-order valence-electron chi connectivity index (χ1n) is 11.8. The molecule has 10 heteroatoms. The summed E-state index contributed by atoms with van der Waals surface area (Å²) in [5.74, 6) is -0.682. The minimum absolute atomic E-state index is 0.191. The van der Waals surface area contributed by atoms with Crippen molar-refractivity contribution in [2.45, 2.75) is 52.5 Å². The van der Waals surface area contributed by atoms with Crippen LogP contribution < -0.4 is 5.32 Å². The molecule has 0 bridgehead atoms. The first-order valence-corrected chi connectivity index (χ1v) is 12.7. The number of carbonyl (C=O) groups is 2. The summed E-state index contributed by atoms with van der Waals surface area (Å²) < 4.78 is 52.0. The van der Waals surface area contributed by atoms with Crippen molar-refractivity contribution in [3.8, 4) is 0 Å². The van der Waals surface area contributed by atoms with Gasteiger partial charge >= 0.3 is 12.2 Å². The van der Waals surface area contributed by atoms with Gasteiger partial charge in [-0.2, -0.15) is 13.2 Å². The summed E-state index contributed by atoms with van der Waals surface area (Å²) in [5.41, 5.74) is 1.16. The summed E-state index contributed by atoms with van der Waals surface area (Å²) in [6, 6.07) is 11.1. The van der Waals surface area contributed by atoms with Crippen molar-refractivity contribution in [3.63, 3.8) is 0 Å². The molecule has 0 aliphatic carbocycles. The first-order chi connectivity index (χ1) is 17.5. The Morgan fingerprint density at radius 1 is 1.00 bits per heavy atom. The Kier molecular flexibility index (Phi) is 9.31. The van der Waals surface area contributed by atoms with Crippen LogP contribution in [0.15, 0.2) is 60.0 Å². The van der Waals surface area contributed by atoms with Gasteiger partial charge in [0.2, 0.25) is 5.91 Å². The van der Waals surface area contributed by atoms with Gasteiger partial charge in [-0.3, -0.25) is 4.79 Å². The SMILES string of the molecule is CCC(C)N(CC(=O)N(Cc1ccc(F)cc1)Cc1sccc1C)C(=O)Nc1ccc(C(F)(F)F)cc1. The monoisotopic (exact) mass is 535 g/mol. The molecule has 0 saturated carbocycles. The maximum Gasteiger partial charge on any atom is 0.416 e. The molecule has 37 heavy (non-hydrogen) atoms. The molecule has 3 rings (SSSR count). The van der Waals surface area contributed by atoms with Crippen molar-refractivity contribution in [2.75, 3.05) is 11.9 Å². The fraction of sp³-hybridized carbons (Fsp3) is 0.333. The number of nitrogens with one attached hydrogen (secondary N) is 1. The van der Waals surface area contributed by atoms with Gasteiger partial charge < -0.3 is 15.1 Å². The fourth-order valence-electron chi connectivity index (χ4n) is 3.61. The number of thiophene rings is 1. The van der Waals surface area contributed by atoms with Crippen molar-refractivity contribution in [3.05, 3.63) is 87.4 Å². The molecule has 0 fully saturated rings. The molecule has 0 aliphatic rings. The van der Waals surface area contributed by atoms with Crippen LogP contribution in [-0.4, -0.2) is 34.3 Å². The van der Waals surface area contributed by atoms with E-state index >= 15 is 0 Å². The van der Waals surface area contributed by atoms with E-state index in [1.165, 1.54) is 40.5 Å². The minimum atomic E-state index is -4.48. The lowest BCUT2D eigenvalue weighted by Gasteiger charge is -2.31. The lowest BCUT2D eigenvalue weighted by Crippen LogP contribution is -2.47. The van der Waals surface area contributed by atoms with Crippen molar-refractivity contribution in [1.82, 2.24) is 9.80 Å². The van der Waals surface area contributed by atoms with Crippen LogP contribution in [0.1, 0.15) is 41.8 Å². The molecule has 3 amide bonds. The summed E-state index contributed by atoms with van der Waals surface area (Å²) in [6.45, 7) is 5.95. The number of benzene rings is 2. The van der Waals surface area contributed by atoms with E-state index < -0.39 is 17.8 Å². The van der Waals surface area contributed by atoms with E-state index in [9.17, 15) is 27.2 Å². The number of nitrogens with zero attached hydrogens (tertiary/aromatic N) is 2. The van der Waals surface area contributed by atoms with E-state index in [-0.39, 0.29) is 36.5 Å². The lowest BCUT2D eigenvalue weighted by molar-refractivity contribution is -0.137. The first kappa shape index (κ1) is 28.2. The molecule has 198 valence electrons. The Bertz CT molecular complexity index is 1190. The lowest BCUT2D eigenvalue weighted by atomic mass is 10.2. The number of rotatable bonds is 9. The molecule has 0 saturated heterocycles. The maximum absolute atomic E-state index is 13.5. The van der Waals surface area contributed by atoms with Crippen LogP contribution in [0.3, 0.4) is 0 Å². The van der Waals surface area contributed by atoms with Crippen LogP contribution >= 0.6 is 11.3 Å². The third kappa shape index (κ3) is 7.79. The molecule has 1 heterocycles. The predicted molar refractivity (Wildman–Crippen MR) is 137 cm³/mol. The highest BCUT2D eigenvalue weighted by molar-refractivity contribution is 7.10. The smallest absolute Gasteiger partial charge is 0.332 e. The number of hydrogen-bond donors (Lipinski definition) is 1. The Hall–Kier alpha value is -3.40. The summed E-state index contributed by atoms with van der Waals surface area (Å²) in [4.78, 5) is 30.6. The minimum Gasteiger partial charge on any atom is -0.332 e. The molecule has 1 aromatic heterocycles. The quantitative estimate of drug-likeness (QED) is 0.298. The van der Waals surface area contributed by atoms with Gasteiger partial charge in [-0.05, 0) is 79.2 Å². The van der Waals surface area contributed by atoms with E-state index in [1.807, 2.05) is 25.3 Å². The number of hydrogen-bond acceptors (Lipinski definition) is 3. The molecule has 2 aromatic carbocycles. The van der Waals surface area contributed by atoms with Crippen molar-refractivity contribution < 1.29 is 27.2 Å². The molecule has 3 aromatic rings. The van der Waals surface area contributed by atoms with E-state index in [1.54, 1.807) is 24.0 Å². The average Bonchev–Trinajstić information content (AvgIpc) is 3.26. The molecular formula is C27H29F4N3O2S.